The monoisotopic (exact) mass is 191 g/mol. The van der Waals surface area contributed by atoms with E-state index in [0.29, 0.717) is 0 Å². The van der Waals surface area contributed by atoms with E-state index in [1.54, 1.807) is 14.0 Å². The first kappa shape index (κ1) is 11.6. The summed E-state index contributed by atoms with van der Waals surface area (Å²) in [5.41, 5.74) is 0.843. The fraction of sp³-hybridized carbons (Fsp3) is 0.750. The van der Waals surface area contributed by atoms with Crippen molar-refractivity contribution in [3.63, 3.8) is 0 Å². The molecule has 0 amide bonds. The van der Waals surface area contributed by atoms with Crippen LogP contribution in [0.4, 0.5) is 0 Å². The molecule has 0 spiro atoms. The van der Waals surface area contributed by atoms with Gasteiger partial charge in [-0.1, -0.05) is 12.2 Å². The summed E-state index contributed by atoms with van der Waals surface area (Å²) < 4.78 is 22.3. The molecule has 2 unspecified atom stereocenters. The van der Waals surface area contributed by atoms with Crippen molar-refractivity contribution >= 4 is 9.84 Å². The van der Waals surface area contributed by atoms with Crippen molar-refractivity contribution < 1.29 is 8.42 Å². The van der Waals surface area contributed by atoms with Crippen molar-refractivity contribution in [1.29, 1.82) is 0 Å². The molecule has 0 aromatic heterocycles. The van der Waals surface area contributed by atoms with Crippen molar-refractivity contribution in [2.24, 2.45) is 0 Å². The lowest BCUT2D eigenvalue weighted by Crippen LogP contribution is -2.40. The topological polar surface area (TPSA) is 46.2 Å². The van der Waals surface area contributed by atoms with Crippen LogP contribution in [0.3, 0.4) is 0 Å². The summed E-state index contributed by atoms with van der Waals surface area (Å²) in [6.07, 6.45) is 1.24. The van der Waals surface area contributed by atoms with Gasteiger partial charge in [0.25, 0.3) is 0 Å². The summed E-state index contributed by atoms with van der Waals surface area (Å²) in [7, 11) is -1.25. The van der Waals surface area contributed by atoms with Crippen molar-refractivity contribution in [2.45, 2.75) is 25.1 Å². The van der Waals surface area contributed by atoms with Crippen LogP contribution in [-0.4, -0.2) is 33.0 Å². The Labute approximate surface area is 74.8 Å². The van der Waals surface area contributed by atoms with Crippen LogP contribution in [0, 0.1) is 0 Å². The van der Waals surface area contributed by atoms with E-state index in [2.05, 4.69) is 11.9 Å². The van der Waals surface area contributed by atoms with E-state index in [0.717, 1.165) is 5.57 Å². The third-order valence-electron chi connectivity index (χ3n) is 1.99. The smallest absolute Gasteiger partial charge is 0.151 e. The molecule has 72 valence electrons. The van der Waals surface area contributed by atoms with Gasteiger partial charge < -0.3 is 5.32 Å². The maximum atomic E-state index is 11.2. The van der Waals surface area contributed by atoms with Gasteiger partial charge in [-0.05, 0) is 20.9 Å². The summed E-state index contributed by atoms with van der Waals surface area (Å²) in [6.45, 7) is 7.24. The molecule has 0 fully saturated rings. The molecular formula is C8H17NO2S. The Balaban J connectivity index is 4.66. The second-order valence-corrected chi connectivity index (χ2v) is 5.55. The number of sulfone groups is 1. The van der Waals surface area contributed by atoms with Gasteiger partial charge in [-0.3, -0.25) is 0 Å². The first-order chi connectivity index (χ1) is 5.30. The van der Waals surface area contributed by atoms with Crippen molar-refractivity contribution in [3.8, 4) is 0 Å². The Morgan fingerprint density at radius 2 is 1.92 bits per heavy atom. The van der Waals surface area contributed by atoms with E-state index in [4.69, 9.17) is 0 Å². The van der Waals surface area contributed by atoms with Gasteiger partial charge in [-0.2, -0.15) is 0 Å². The third-order valence-corrected chi connectivity index (χ3v) is 3.61. The molecule has 1 N–H and O–H groups in total. The molecule has 4 heteroatoms. The zero-order chi connectivity index (χ0) is 9.94. The largest absolute Gasteiger partial charge is 0.312 e. The molecule has 3 nitrogen and oxygen atoms in total. The lowest BCUT2D eigenvalue weighted by atomic mass is 10.1. The van der Waals surface area contributed by atoms with E-state index in [1.807, 2.05) is 6.92 Å². The van der Waals surface area contributed by atoms with E-state index in [1.165, 1.54) is 6.26 Å². The molecule has 0 aliphatic rings. The molecule has 0 radical (unpaired) electrons. The normalized spacial score (nSPS) is 17.0. The molecule has 0 aliphatic carbocycles. The van der Waals surface area contributed by atoms with Gasteiger partial charge >= 0.3 is 0 Å². The molecule has 0 aromatic rings. The van der Waals surface area contributed by atoms with Crippen molar-refractivity contribution in [2.75, 3.05) is 13.3 Å². The SMILES string of the molecule is C=C(C)C(NC)C(C)S(C)(=O)=O. The summed E-state index contributed by atoms with van der Waals surface area (Å²) in [6, 6.07) is -0.153. The van der Waals surface area contributed by atoms with Crippen LogP contribution < -0.4 is 5.32 Å². The maximum Gasteiger partial charge on any atom is 0.151 e. The quantitative estimate of drug-likeness (QED) is 0.661. The summed E-state index contributed by atoms with van der Waals surface area (Å²) in [5.74, 6) is 0. The molecule has 0 bridgehead atoms. The molecule has 0 saturated carbocycles. The van der Waals surface area contributed by atoms with Gasteiger partial charge in [-0.25, -0.2) is 8.42 Å². The first-order valence-electron chi connectivity index (χ1n) is 3.82. The predicted octanol–water partition coefficient (Wildman–Crippen LogP) is 0.584. The van der Waals surface area contributed by atoms with Crippen molar-refractivity contribution in [1.82, 2.24) is 5.32 Å². The summed E-state index contributed by atoms with van der Waals surface area (Å²) in [5, 5.41) is 2.51. The fourth-order valence-corrected chi connectivity index (χ4v) is 1.99. The van der Waals surface area contributed by atoms with E-state index in [-0.39, 0.29) is 6.04 Å². The van der Waals surface area contributed by atoms with Gasteiger partial charge in [0.05, 0.1) is 5.25 Å². The number of hydrogen-bond donors (Lipinski definition) is 1. The average Bonchev–Trinajstić information content (AvgIpc) is 1.86. The van der Waals surface area contributed by atoms with Gasteiger partial charge in [0, 0.05) is 12.3 Å². The molecule has 12 heavy (non-hydrogen) atoms. The van der Waals surface area contributed by atoms with Crippen LogP contribution in [-0.2, 0) is 9.84 Å². The van der Waals surface area contributed by atoms with Crippen LogP contribution in [0.15, 0.2) is 12.2 Å². The van der Waals surface area contributed by atoms with Gasteiger partial charge in [0.2, 0.25) is 0 Å². The molecular weight excluding hydrogens is 174 g/mol. The Morgan fingerprint density at radius 1 is 1.50 bits per heavy atom. The highest BCUT2D eigenvalue weighted by molar-refractivity contribution is 7.91. The van der Waals surface area contributed by atoms with Crippen LogP contribution in [0.25, 0.3) is 0 Å². The molecule has 0 saturated heterocycles. The van der Waals surface area contributed by atoms with Crippen LogP contribution in [0.2, 0.25) is 0 Å². The van der Waals surface area contributed by atoms with Crippen LogP contribution in [0.5, 0.6) is 0 Å². The Kier molecular flexibility index (Phi) is 3.93. The second-order valence-electron chi connectivity index (χ2n) is 3.15. The minimum absolute atomic E-state index is 0.153. The Morgan fingerprint density at radius 3 is 2.00 bits per heavy atom. The van der Waals surface area contributed by atoms with Crippen molar-refractivity contribution in [3.05, 3.63) is 12.2 Å². The van der Waals surface area contributed by atoms with Gasteiger partial charge in [0.1, 0.15) is 0 Å². The van der Waals surface area contributed by atoms with Crippen LogP contribution >= 0.6 is 0 Å². The van der Waals surface area contributed by atoms with E-state index in [9.17, 15) is 8.42 Å². The standard InChI is InChI=1S/C8H17NO2S/c1-6(2)8(9-4)7(3)12(5,10)11/h7-9H,1H2,2-5H3. The fourth-order valence-electron chi connectivity index (χ4n) is 1.13. The molecule has 0 aromatic carbocycles. The summed E-state index contributed by atoms with van der Waals surface area (Å²) >= 11 is 0. The van der Waals surface area contributed by atoms with Gasteiger partial charge in [0.15, 0.2) is 9.84 Å². The molecule has 2 atom stereocenters. The molecule has 0 rings (SSSR count). The third kappa shape index (κ3) is 2.95. The zero-order valence-corrected chi connectivity index (χ0v) is 8.90. The highest BCUT2D eigenvalue weighted by Gasteiger charge is 2.24. The number of likely N-dealkylation sites (N-methyl/N-ethyl adjacent to an activating group) is 1. The Hall–Kier alpha value is -0.350. The lowest BCUT2D eigenvalue weighted by Gasteiger charge is -2.22. The molecule has 0 aliphatic heterocycles. The van der Waals surface area contributed by atoms with Crippen LogP contribution in [0.1, 0.15) is 13.8 Å². The minimum Gasteiger partial charge on any atom is -0.312 e. The maximum absolute atomic E-state index is 11.2. The molecule has 0 heterocycles. The Bertz CT molecular complexity index is 256. The number of nitrogens with one attached hydrogen (secondary N) is 1. The highest BCUT2D eigenvalue weighted by Crippen LogP contribution is 2.10. The predicted molar refractivity (Wildman–Crippen MR) is 52.0 cm³/mol. The van der Waals surface area contributed by atoms with E-state index < -0.39 is 15.1 Å². The zero-order valence-electron chi connectivity index (χ0n) is 8.09. The average molecular weight is 191 g/mol. The van der Waals surface area contributed by atoms with Gasteiger partial charge in [-0.15, -0.1) is 0 Å². The minimum atomic E-state index is -2.98. The number of hydrogen-bond acceptors (Lipinski definition) is 3. The highest BCUT2D eigenvalue weighted by atomic mass is 32.2. The number of rotatable bonds is 4. The summed E-state index contributed by atoms with van der Waals surface area (Å²) in [4.78, 5) is 0. The van der Waals surface area contributed by atoms with E-state index >= 15 is 0 Å². The first-order valence-corrected chi connectivity index (χ1v) is 5.77. The lowest BCUT2D eigenvalue weighted by molar-refractivity contribution is 0.555. The second kappa shape index (κ2) is 4.05.